The molecule has 14 heavy (non-hydrogen) atoms. The van der Waals surface area contributed by atoms with Crippen LogP contribution in [0.3, 0.4) is 0 Å². The molecular weight excluding hydrogens is 178 g/mol. The van der Waals surface area contributed by atoms with Crippen molar-refractivity contribution in [3.05, 3.63) is 24.5 Å². The lowest BCUT2D eigenvalue weighted by molar-refractivity contribution is -0.0215. The van der Waals surface area contributed by atoms with E-state index in [0.29, 0.717) is 6.04 Å². The van der Waals surface area contributed by atoms with Crippen LogP contribution in [0.4, 0.5) is 5.69 Å². The van der Waals surface area contributed by atoms with E-state index in [1.807, 2.05) is 18.3 Å². The third-order valence-corrected chi connectivity index (χ3v) is 2.63. The molecule has 3 rings (SSSR count). The number of ether oxygens (including phenoxy) is 1. The Hall–Kier alpha value is -1.55. The van der Waals surface area contributed by atoms with Gasteiger partial charge in [-0.3, -0.25) is 0 Å². The minimum atomic E-state index is 0.407. The van der Waals surface area contributed by atoms with Crippen LogP contribution in [0, 0.1) is 0 Å². The van der Waals surface area contributed by atoms with Crippen LogP contribution in [-0.2, 0) is 4.74 Å². The van der Waals surface area contributed by atoms with Crippen molar-refractivity contribution in [1.29, 1.82) is 0 Å². The maximum Gasteiger partial charge on any atom is 0.142 e. The SMILES string of the molecule is Nc1cn(C2COC2)c2ncccc12. The molecule has 2 aromatic rings. The minimum absolute atomic E-state index is 0.407. The second-order valence-corrected chi connectivity index (χ2v) is 3.56. The molecule has 0 saturated carbocycles. The Bertz CT molecular complexity index is 473. The zero-order valence-corrected chi connectivity index (χ0v) is 7.68. The second kappa shape index (κ2) is 2.72. The predicted octanol–water partition coefficient (Wildman–Crippen LogP) is 1.19. The first-order valence-electron chi connectivity index (χ1n) is 4.65. The van der Waals surface area contributed by atoms with Crippen molar-refractivity contribution in [3.8, 4) is 0 Å². The lowest BCUT2D eigenvalue weighted by Crippen LogP contribution is -2.30. The van der Waals surface area contributed by atoms with Crippen molar-refractivity contribution in [2.24, 2.45) is 0 Å². The summed E-state index contributed by atoms with van der Waals surface area (Å²) >= 11 is 0. The van der Waals surface area contributed by atoms with Crippen molar-refractivity contribution in [2.45, 2.75) is 6.04 Å². The maximum absolute atomic E-state index is 5.89. The molecule has 2 N–H and O–H groups in total. The summed E-state index contributed by atoms with van der Waals surface area (Å²) in [4.78, 5) is 4.33. The highest BCUT2D eigenvalue weighted by Gasteiger charge is 2.22. The van der Waals surface area contributed by atoms with Crippen LogP contribution in [0.25, 0.3) is 11.0 Å². The molecule has 0 aromatic carbocycles. The molecule has 0 spiro atoms. The zero-order chi connectivity index (χ0) is 9.54. The van der Waals surface area contributed by atoms with Gasteiger partial charge in [-0.15, -0.1) is 0 Å². The van der Waals surface area contributed by atoms with E-state index in [-0.39, 0.29) is 0 Å². The van der Waals surface area contributed by atoms with Crippen molar-refractivity contribution < 1.29 is 4.74 Å². The average Bonchev–Trinajstić information content (AvgIpc) is 2.43. The largest absolute Gasteiger partial charge is 0.397 e. The van der Waals surface area contributed by atoms with E-state index in [9.17, 15) is 0 Å². The van der Waals surface area contributed by atoms with E-state index in [0.717, 1.165) is 29.9 Å². The number of fused-ring (bicyclic) bond motifs is 1. The van der Waals surface area contributed by atoms with E-state index in [2.05, 4.69) is 9.55 Å². The number of rotatable bonds is 1. The van der Waals surface area contributed by atoms with Gasteiger partial charge in [0.25, 0.3) is 0 Å². The van der Waals surface area contributed by atoms with Crippen molar-refractivity contribution in [2.75, 3.05) is 18.9 Å². The second-order valence-electron chi connectivity index (χ2n) is 3.56. The number of nitrogens with zero attached hydrogens (tertiary/aromatic N) is 2. The average molecular weight is 189 g/mol. The quantitative estimate of drug-likeness (QED) is 0.733. The Balaban J connectivity index is 2.23. The summed E-state index contributed by atoms with van der Waals surface area (Å²) in [6, 6.07) is 4.30. The fraction of sp³-hybridized carbons (Fsp3) is 0.300. The first kappa shape index (κ1) is 7.82. The lowest BCUT2D eigenvalue weighted by Gasteiger charge is -2.27. The first-order valence-corrected chi connectivity index (χ1v) is 4.65. The topological polar surface area (TPSA) is 53.1 Å². The van der Waals surface area contributed by atoms with Gasteiger partial charge >= 0.3 is 0 Å². The number of hydrogen-bond donors (Lipinski definition) is 1. The Morgan fingerprint density at radius 2 is 2.36 bits per heavy atom. The van der Waals surface area contributed by atoms with Crippen LogP contribution in [0.5, 0.6) is 0 Å². The summed E-state index contributed by atoms with van der Waals surface area (Å²) < 4.78 is 7.26. The first-order chi connectivity index (χ1) is 6.86. The van der Waals surface area contributed by atoms with Gasteiger partial charge in [-0.05, 0) is 12.1 Å². The summed E-state index contributed by atoms with van der Waals surface area (Å²) in [6.45, 7) is 1.53. The maximum atomic E-state index is 5.89. The summed E-state index contributed by atoms with van der Waals surface area (Å²) in [5, 5.41) is 1.03. The van der Waals surface area contributed by atoms with Crippen LogP contribution in [0.15, 0.2) is 24.5 Å². The highest BCUT2D eigenvalue weighted by molar-refractivity contribution is 5.89. The Morgan fingerprint density at radius 1 is 1.50 bits per heavy atom. The molecule has 0 unspecified atom stereocenters. The third-order valence-electron chi connectivity index (χ3n) is 2.63. The molecule has 1 aliphatic heterocycles. The van der Waals surface area contributed by atoms with E-state index in [1.54, 1.807) is 6.20 Å². The van der Waals surface area contributed by atoms with Crippen LogP contribution < -0.4 is 5.73 Å². The van der Waals surface area contributed by atoms with Crippen molar-refractivity contribution >= 4 is 16.7 Å². The molecule has 4 nitrogen and oxygen atoms in total. The van der Waals surface area contributed by atoms with Gasteiger partial charge in [0.2, 0.25) is 0 Å². The molecule has 0 atom stereocenters. The Morgan fingerprint density at radius 3 is 3.07 bits per heavy atom. The van der Waals surface area contributed by atoms with Crippen LogP contribution in [-0.4, -0.2) is 22.8 Å². The van der Waals surface area contributed by atoms with Gasteiger partial charge in [0.05, 0.1) is 24.9 Å². The molecule has 1 fully saturated rings. The fourth-order valence-corrected chi connectivity index (χ4v) is 1.77. The van der Waals surface area contributed by atoms with Gasteiger partial charge in [-0.1, -0.05) is 0 Å². The minimum Gasteiger partial charge on any atom is -0.397 e. The number of pyridine rings is 1. The van der Waals surface area contributed by atoms with E-state index < -0.39 is 0 Å². The number of aromatic nitrogens is 2. The summed E-state index contributed by atoms with van der Waals surface area (Å²) in [6.07, 6.45) is 3.74. The number of anilines is 1. The molecule has 3 heterocycles. The number of nitrogen functional groups attached to an aromatic ring is 1. The highest BCUT2D eigenvalue weighted by Crippen LogP contribution is 2.27. The third kappa shape index (κ3) is 0.943. The zero-order valence-electron chi connectivity index (χ0n) is 7.68. The van der Waals surface area contributed by atoms with Gasteiger partial charge in [0.15, 0.2) is 0 Å². The van der Waals surface area contributed by atoms with E-state index >= 15 is 0 Å². The molecule has 0 amide bonds. The molecule has 0 bridgehead atoms. The van der Waals surface area contributed by atoms with Crippen molar-refractivity contribution in [1.82, 2.24) is 9.55 Å². The molecule has 2 aromatic heterocycles. The highest BCUT2D eigenvalue weighted by atomic mass is 16.5. The molecular formula is C10H11N3O. The van der Waals surface area contributed by atoms with Gasteiger partial charge in [0, 0.05) is 17.8 Å². The molecule has 0 radical (unpaired) electrons. The van der Waals surface area contributed by atoms with Crippen LogP contribution in [0.2, 0.25) is 0 Å². The standard InChI is InChI=1S/C10H11N3O/c11-9-4-13(7-5-14-6-7)10-8(9)2-1-3-12-10/h1-4,7H,5-6,11H2. The summed E-state index contributed by atoms with van der Waals surface area (Å²) in [5.74, 6) is 0. The summed E-state index contributed by atoms with van der Waals surface area (Å²) in [7, 11) is 0. The Kier molecular flexibility index (Phi) is 1.52. The van der Waals surface area contributed by atoms with Crippen LogP contribution >= 0.6 is 0 Å². The molecule has 4 heteroatoms. The molecule has 0 aliphatic carbocycles. The van der Waals surface area contributed by atoms with Crippen molar-refractivity contribution in [3.63, 3.8) is 0 Å². The molecule has 1 aliphatic rings. The van der Waals surface area contributed by atoms with Crippen LogP contribution in [0.1, 0.15) is 6.04 Å². The number of hydrogen-bond acceptors (Lipinski definition) is 3. The van der Waals surface area contributed by atoms with Gasteiger partial charge in [-0.25, -0.2) is 4.98 Å². The monoisotopic (exact) mass is 189 g/mol. The molecule has 72 valence electrons. The van der Waals surface area contributed by atoms with Gasteiger partial charge in [0.1, 0.15) is 5.65 Å². The molecule has 1 saturated heterocycles. The van der Waals surface area contributed by atoms with E-state index in [1.165, 1.54) is 0 Å². The van der Waals surface area contributed by atoms with E-state index in [4.69, 9.17) is 10.5 Å². The van der Waals surface area contributed by atoms with Gasteiger partial charge in [-0.2, -0.15) is 0 Å². The van der Waals surface area contributed by atoms with Gasteiger partial charge < -0.3 is 15.0 Å². The Labute approximate surface area is 81.3 Å². The normalized spacial score (nSPS) is 17.1. The predicted molar refractivity (Wildman–Crippen MR) is 54.0 cm³/mol. The fourth-order valence-electron chi connectivity index (χ4n) is 1.77. The lowest BCUT2D eigenvalue weighted by atomic mass is 10.2. The smallest absolute Gasteiger partial charge is 0.142 e. The summed E-state index contributed by atoms with van der Waals surface area (Å²) in [5.41, 5.74) is 7.64. The number of nitrogens with two attached hydrogens (primary N) is 1.